The molecule has 0 aliphatic carbocycles. The van der Waals surface area contributed by atoms with Crippen molar-refractivity contribution in [2.75, 3.05) is 39.5 Å². The van der Waals surface area contributed by atoms with Crippen molar-refractivity contribution in [3.05, 3.63) is 29.8 Å². The van der Waals surface area contributed by atoms with Crippen LogP contribution >= 0.6 is 0 Å². The first-order chi connectivity index (χ1) is 11.3. The summed E-state index contributed by atoms with van der Waals surface area (Å²) in [6.45, 7) is 12.7. The molecule has 1 fully saturated rings. The number of rotatable bonds is 6. The minimum atomic E-state index is -0.324. The SMILES string of the molecule is C[C@H](C[NH+]1CCOCC1)OC(=O)COc1ccc(C(C)(C)C)cc1. The number of hydrogen-bond acceptors (Lipinski definition) is 4. The Kier molecular flexibility index (Phi) is 6.63. The molecular weight excluding hydrogens is 306 g/mol. The molecule has 1 saturated heterocycles. The normalized spacial score (nSPS) is 17.3. The molecule has 134 valence electrons. The van der Waals surface area contributed by atoms with Crippen LogP contribution in [0.2, 0.25) is 0 Å². The molecule has 5 heteroatoms. The zero-order valence-corrected chi connectivity index (χ0v) is 15.3. The van der Waals surface area contributed by atoms with Gasteiger partial charge in [0, 0.05) is 0 Å². The fourth-order valence-corrected chi connectivity index (χ4v) is 2.76. The summed E-state index contributed by atoms with van der Waals surface area (Å²) in [5.74, 6) is 0.362. The van der Waals surface area contributed by atoms with E-state index in [0.29, 0.717) is 5.75 Å². The van der Waals surface area contributed by atoms with Crippen LogP contribution in [0.1, 0.15) is 33.3 Å². The third kappa shape index (κ3) is 6.13. The van der Waals surface area contributed by atoms with Gasteiger partial charge in [-0.2, -0.15) is 0 Å². The molecule has 1 heterocycles. The van der Waals surface area contributed by atoms with Gasteiger partial charge in [-0.15, -0.1) is 0 Å². The van der Waals surface area contributed by atoms with Crippen molar-refractivity contribution >= 4 is 5.97 Å². The quantitative estimate of drug-likeness (QED) is 0.794. The molecule has 0 saturated carbocycles. The Morgan fingerprint density at radius 3 is 2.42 bits per heavy atom. The fraction of sp³-hybridized carbons (Fsp3) is 0.632. The number of quaternary nitrogens is 1. The van der Waals surface area contributed by atoms with Crippen molar-refractivity contribution < 1.29 is 23.9 Å². The Morgan fingerprint density at radius 2 is 1.83 bits per heavy atom. The van der Waals surface area contributed by atoms with E-state index in [1.54, 1.807) is 0 Å². The van der Waals surface area contributed by atoms with Crippen LogP contribution in [0.3, 0.4) is 0 Å². The number of hydrogen-bond donors (Lipinski definition) is 1. The Balaban J connectivity index is 1.72. The maximum Gasteiger partial charge on any atom is 0.344 e. The van der Waals surface area contributed by atoms with Gasteiger partial charge in [-0.3, -0.25) is 0 Å². The number of ether oxygens (including phenoxy) is 3. The fourth-order valence-electron chi connectivity index (χ4n) is 2.76. The molecule has 2 rings (SSSR count). The van der Waals surface area contributed by atoms with Crippen LogP contribution < -0.4 is 9.64 Å². The van der Waals surface area contributed by atoms with E-state index in [1.807, 2.05) is 31.2 Å². The van der Waals surface area contributed by atoms with Crippen LogP contribution in [0.25, 0.3) is 0 Å². The number of morpholine rings is 1. The standard InChI is InChI=1S/C19H29NO4/c1-15(13-20-9-11-22-12-10-20)24-18(21)14-23-17-7-5-16(6-8-17)19(2,3)4/h5-8,15H,9-14H2,1-4H3/p+1/t15-/m1/s1. The van der Waals surface area contributed by atoms with Crippen molar-refractivity contribution in [1.82, 2.24) is 0 Å². The van der Waals surface area contributed by atoms with Crippen molar-refractivity contribution in [2.24, 2.45) is 0 Å². The molecule has 0 bridgehead atoms. The predicted molar refractivity (Wildman–Crippen MR) is 92.6 cm³/mol. The summed E-state index contributed by atoms with van der Waals surface area (Å²) in [5, 5.41) is 0. The summed E-state index contributed by atoms with van der Waals surface area (Å²) in [6, 6.07) is 7.86. The minimum absolute atomic E-state index is 0.0579. The zero-order chi connectivity index (χ0) is 17.6. The van der Waals surface area contributed by atoms with E-state index in [2.05, 4.69) is 20.8 Å². The molecule has 24 heavy (non-hydrogen) atoms. The van der Waals surface area contributed by atoms with E-state index in [9.17, 15) is 4.79 Å². The lowest BCUT2D eigenvalue weighted by Gasteiger charge is -2.26. The molecule has 1 aliphatic heterocycles. The molecule has 0 aromatic heterocycles. The number of benzene rings is 1. The number of carbonyl (C=O) groups is 1. The maximum absolute atomic E-state index is 11.9. The van der Waals surface area contributed by atoms with Crippen LogP contribution in [0.5, 0.6) is 5.75 Å². The van der Waals surface area contributed by atoms with E-state index >= 15 is 0 Å². The average molecular weight is 336 g/mol. The first kappa shape index (κ1) is 18.7. The molecule has 1 aliphatic rings. The first-order valence-electron chi connectivity index (χ1n) is 8.69. The van der Waals surface area contributed by atoms with Gasteiger partial charge in [0.25, 0.3) is 0 Å². The van der Waals surface area contributed by atoms with Gasteiger partial charge in [0.15, 0.2) is 6.61 Å². The average Bonchev–Trinajstić information content (AvgIpc) is 2.53. The highest BCUT2D eigenvalue weighted by molar-refractivity contribution is 5.71. The van der Waals surface area contributed by atoms with Gasteiger partial charge in [0.2, 0.25) is 0 Å². The largest absolute Gasteiger partial charge is 0.482 e. The summed E-state index contributed by atoms with van der Waals surface area (Å²) in [5.41, 5.74) is 1.34. The van der Waals surface area contributed by atoms with Crippen molar-refractivity contribution in [3.8, 4) is 5.75 Å². The lowest BCUT2D eigenvalue weighted by Crippen LogP contribution is -3.15. The summed E-state index contributed by atoms with van der Waals surface area (Å²) in [7, 11) is 0. The van der Waals surface area contributed by atoms with Crippen LogP contribution in [-0.4, -0.2) is 51.5 Å². The van der Waals surface area contributed by atoms with Crippen LogP contribution in [0, 0.1) is 0 Å². The highest BCUT2D eigenvalue weighted by atomic mass is 16.6. The Bertz CT molecular complexity index is 515. The molecule has 0 unspecified atom stereocenters. The monoisotopic (exact) mass is 336 g/mol. The van der Waals surface area contributed by atoms with Gasteiger partial charge in [-0.05, 0) is 30.0 Å². The molecule has 0 amide bonds. The third-order valence-electron chi connectivity index (χ3n) is 4.19. The number of nitrogens with one attached hydrogen (secondary N) is 1. The van der Waals surface area contributed by atoms with E-state index in [0.717, 1.165) is 32.8 Å². The molecule has 5 nitrogen and oxygen atoms in total. The van der Waals surface area contributed by atoms with Crippen molar-refractivity contribution in [1.29, 1.82) is 0 Å². The lowest BCUT2D eigenvalue weighted by atomic mass is 9.87. The molecule has 0 spiro atoms. The van der Waals surface area contributed by atoms with Crippen molar-refractivity contribution in [2.45, 2.75) is 39.2 Å². The summed E-state index contributed by atoms with van der Waals surface area (Å²) in [4.78, 5) is 13.3. The van der Waals surface area contributed by atoms with Crippen LogP contribution in [0.4, 0.5) is 0 Å². The van der Waals surface area contributed by atoms with E-state index in [4.69, 9.17) is 14.2 Å². The van der Waals surface area contributed by atoms with Crippen molar-refractivity contribution in [3.63, 3.8) is 0 Å². The smallest absolute Gasteiger partial charge is 0.344 e. The maximum atomic E-state index is 11.9. The molecule has 1 atom stereocenters. The van der Waals surface area contributed by atoms with E-state index in [1.165, 1.54) is 10.5 Å². The summed E-state index contributed by atoms with van der Waals surface area (Å²) < 4.78 is 16.3. The topological polar surface area (TPSA) is 49.2 Å². The first-order valence-corrected chi connectivity index (χ1v) is 8.69. The van der Waals surface area contributed by atoms with Gasteiger partial charge in [-0.25, -0.2) is 4.79 Å². The second-order valence-electron chi connectivity index (χ2n) is 7.43. The second kappa shape index (κ2) is 8.49. The van der Waals surface area contributed by atoms with E-state index in [-0.39, 0.29) is 24.1 Å². The van der Waals surface area contributed by atoms with Gasteiger partial charge in [0.05, 0.1) is 13.2 Å². The lowest BCUT2D eigenvalue weighted by molar-refractivity contribution is -0.910. The minimum Gasteiger partial charge on any atom is -0.482 e. The molecular formula is C19H30NO4+. The highest BCUT2D eigenvalue weighted by Gasteiger charge is 2.20. The number of esters is 1. The van der Waals surface area contributed by atoms with Gasteiger partial charge in [-0.1, -0.05) is 32.9 Å². The van der Waals surface area contributed by atoms with Gasteiger partial charge < -0.3 is 19.1 Å². The molecule has 1 aromatic rings. The van der Waals surface area contributed by atoms with Crippen LogP contribution in [-0.2, 0) is 19.7 Å². The predicted octanol–water partition coefficient (Wildman–Crippen LogP) is 1.21. The Labute approximate surface area is 144 Å². The Hall–Kier alpha value is -1.59. The zero-order valence-electron chi connectivity index (χ0n) is 15.3. The summed E-state index contributed by atoms with van der Waals surface area (Å²) >= 11 is 0. The van der Waals surface area contributed by atoms with E-state index < -0.39 is 0 Å². The third-order valence-corrected chi connectivity index (χ3v) is 4.19. The molecule has 1 aromatic carbocycles. The second-order valence-corrected chi connectivity index (χ2v) is 7.43. The summed E-state index contributed by atoms with van der Waals surface area (Å²) in [6.07, 6.45) is -0.113. The molecule has 1 N–H and O–H groups in total. The van der Waals surface area contributed by atoms with Crippen LogP contribution in [0.15, 0.2) is 24.3 Å². The Morgan fingerprint density at radius 1 is 1.21 bits per heavy atom. The highest BCUT2D eigenvalue weighted by Crippen LogP contribution is 2.24. The molecule has 0 radical (unpaired) electrons. The van der Waals surface area contributed by atoms with Gasteiger partial charge in [0.1, 0.15) is 31.5 Å². The van der Waals surface area contributed by atoms with Gasteiger partial charge >= 0.3 is 5.97 Å². The number of carbonyl (C=O) groups excluding carboxylic acids is 1.